The molecule has 0 aromatic heterocycles. The second-order valence-electron chi connectivity index (χ2n) is 5.85. The summed E-state index contributed by atoms with van der Waals surface area (Å²) in [6, 6.07) is 12.5. The molecule has 0 atom stereocenters. The Bertz CT molecular complexity index is 810. The van der Waals surface area contributed by atoms with E-state index in [9.17, 15) is 4.79 Å². The van der Waals surface area contributed by atoms with Crippen molar-refractivity contribution in [1.29, 1.82) is 0 Å². The maximum atomic E-state index is 12.0. The van der Waals surface area contributed by atoms with Gasteiger partial charge in [0.05, 0.1) is 14.2 Å². The third-order valence-electron chi connectivity index (χ3n) is 3.87. The molecule has 0 saturated carbocycles. The molecule has 28 heavy (non-hydrogen) atoms. The van der Waals surface area contributed by atoms with Crippen LogP contribution in [0.2, 0.25) is 5.02 Å². The Kier molecular flexibility index (Phi) is 8.42. The average molecular weight is 405 g/mol. The van der Waals surface area contributed by atoms with E-state index in [1.807, 2.05) is 18.2 Å². The molecule has 0 bridgehead atoms. The highest BCUT2D eigenvalue weighted by Gasteiger charge is 2.07. The van der Waals surface area contributed by atoms with Crippen LogP contribution < -0.4 is 25.4 Å². The highest BCUT2D eigenvalue weighted by Crippen LogP contribution is 2.29. The lowest BCUT2D eigenvalue weighted by Gasteiger charge is -2.14. The van der Waals surface area contributed by atoms with Crippen molar-refractivity contribution < 1.29 is 14.3 Å². The normalized spacial score (nSPS) is 10.9. The van der Waals surface area contributed by atoms with E-state index in [0.717, 1.165) is 11.4 Å². The molecule has 7 nitrogen and oxygen atoms in total. The number of carbonyl (C=O) groups excluding carboxylic acids is 1. The summed E-state index contributed by atoms with van der Waals surface area (Å²) in [5.41, 5.74) is 1.54. The molecule has 8 heteroatoms. The summed E-state index contributed by atoms with van der Waals surface area (Å²) in [6.07, 6.45) is 1.05. The van der Waals surface area contributed by atoms with Crippen molar-refractivity contribution in [2.75, 3.05) is 38.4 Å². The summed E-state index contributed by atoms with van der Waals surface area (Å²) in [5.74, 6) is 1.84. The Labute approximate surface area is 170 Å². The maximum Gasteiger partial charge on any atom is 0.224 e. The second-order valence-corrected chi connectivity index (χ2v) is 6.29. The van der Waals surface area contributed by atoms with Gasteiger partial charge in [0.2, 0.25) is 5.91 Å². The smallest absolute Gasteiger partial charge is 0.224 e. The topological polar surface area (TPSA) is 84.0 Å². The Morgan fingerprint density at radius 1 is 1.00 bits per heavy atom. The number of benzene rings is 2. The average Bonchev–Trinajstić information content (AvgIpc) is 2.71. The van der Waals surface area contributed by atoms with Gasteiger partial charge in [-0.05, 0) is 42.8 Å². The number of aliphatic imine (C=N–C) groups is 1. The zero-order valence-electron chi connectivity index (χ0n) is 16.2. The van der Waals surface area contributed by atoms with Gasteiger partial charge in [-0.2, -0.15) is 0 Å². The molecule has 0 aliphatic heterocycles. The molecule has 2 aromatic rings. The van der Waals surface area contributed by atoms with Gasteiger partial charge in [0, 0.05) is 42.5 Å². The third kappa shape index (κ3) is 6.66. The molecule has 0 saturated heterocycles. The lowest BCUT2D eigenvalue weighted by atomic mass is 10.2. The summed E-state index contributed by atoms with van der Waals surface area (Å²) >= 11 is 5.83. The van der Waals surface area contributed by atoms with E-state index in [1.165, 1.54) is 0 Å². The second kappa shape index (κ2) is 11.0. The van der Waals surface area contributed by atoms with Crippen LogP contribution >= 0.6 is 11.6 Å². The predicted molar refractivity (Wildman–Crippen MR) is 114 cm³/mol. The van der Waals surface area contributed by atoms with Gasteiger partial charge in [-0.25, -0.2) is 0 Å². The minimum absolute atomic E-state index is 0.0491. The highest BCUT2D eigenvalue weighted by molar-refractivity contribution is 6.30. The molecule has 1 amide bonds. The lowest BCUT2D eigenvalue weighted by Crippen LogP contribution is -2.31. The van der Waals surface area contributed by atoms with E-state index in [-0.39, 0.29) is 5.91 Å². The van der Waals surface area contributed by atoms with Crippen molar-refractivity contribution in [3.63, 3.8) is 0 Å². The number of hydrogen-bond donors (Lipinski definition) is 3. The summed E-state index contributed by atoms with van der Waals surface area (Å²) in [7, 11) is 4.86. The van der Waals surface area contributed by atoms with E-state index < -0.39 is 0 Å². The molecule has 150 valence electrons. The number of guanidine groups is 1. The standard InChI is InChI=1S/C20H25ClN4O3/c1-22-20(25-16-10-11-17(27-2)18(13-16)28-3)23-12-4-5-19(26)24-15-8-6-14(21)7-9-15/h6-11,13H,4-5,12H2,1-3H3,(H,24,26)(H2,22,23,25). The van der Waals surface area contributed by atoms with Crippen LogP contribution in [0.15, 0.2) is 47.5 Å². The van der Waals surface area contributed by atoms with E-state index >= 15 is 0 Å². The number of methoxy groups -OCH3 is 2. The van der Waals surface area contributed by atoms with Crippen LogP contribution in [0.4, 0.5) is 11.4 Å². The Morgan fingerprint density at radius 2 is 1.68 bits per heavy atom. The molecule has 0 fully saturated rings. The number of nitrogens with one attached hydrogen (secondary N) is 3. The fraction of sp³-hybridized carbons (Fsp3) is 0.300. The largest absolute Gasteiger partial charge is 0.493 e. The quantitative estimate of drug-likeness (QED) is 0.354. The zero-order chi connectivity index (χ0) is 20.4. The number of ether oxygens (including phenoxy) is 2. The Hall–Kier alpha value is -2.93. The number of rotatable bonds is 8. The van der Waals surface area contributed by atoms with E-state index in [0.29, 0.717) is 41.9 Å². The number of amides is 1. The fourth-order valence-corrected chi connectivity index (χ4v) is 2.57. The van der Waals surface area contributed by atoms with E-state index in [4.69, 9.17) is 21.1 Å². The SMILES string of the molecule is CN=C(NCCCC(=O)Nc1ccc(Cl)cc1)Nc1ccc(OC)c(OC)c1. The van der Waals surface area contributed by atoms with E-state index in [2.05, 4.69) is 20.9 Å². The molecule has 0 spiro atoms. The summed E-state index contributed by atoms with van der Waals surface area (Å²) in [6.45, 7) is 0.598. The molecule has 0 radical (unpaired) electrons. The highest BCUT2D eigenvalue weighted by atomic mass is 35.5. The Morgan fingerprint density at radius 3 is 2.32 bits per heavy atom. The van der Waals surface area contributed by atoms with Crippen molar-refractivity contribution in [3.8, 4) is 11.5 Å². The lowest BCUT2D eigenvalue weighted by molar-refractivity contribution is -0.116. The number of anilines is 2. The van der Waals surface area contributed by atoms with Gasteiger partial charge < -0.3 is 25.4 Å². The summed E-state index contributed by atoms with van der Waals surface area (Å²) in [5, 5.41) is 9.83. The first-order valence-electron chi connectivity index (χ1n) is 8.81. The third-order valence-corrected chi connectivity index (χ3v) is 4.12. The van der Waals surface area contributed by atoms with Crippen LogP contribution in [-0.4, -0.2) is 39.7 Å². The molecular formula is C20H25ClN4O3. The minimum Gasteiger partial charge on any atom is -0.493 e. The Balaban J connectivity index is 1.76. The van der Waals surface area contributed by atoms with Crippen molar-refractivity contribution in [2.45, 2.75) is 12.8 Å². The first kappa shape index (κ1) is 21.4. The van der Waals surface area contributed by atoms with Crippen LogP contribution in [-0.2, 0) is 4.79 Å². The molecule has 0 unspecified atom stereocenters. The van der Waals surface area contributed by atoms with Crippen LogP contribution in [0.25, 0.3) is 0 Å². The number of carbonyl (C=O) groups is 1. The molecule has 0 aliphatic carbocycles. The van der Waals surface area contributed by atoms with Gasteiger partial charge in [0.1, 0.15) is 0 Å². The van der Waals surface area contributed by atoms with Gasteiger partial charge in [-0.3, -0.25) is 9.79 Å². The zero-order valence-corrected chi connectivity index (χ0v) is 17.0. The van der Waals surface area contributed by atoms with Crippen molar-refractivity contribution in [1.82, 2.24) is 5.32 Å². The van der Waals surface area contributed by atoms with Crippen molar-refractivity contribution >= 4 is 34.8 Å². The molecule has 0 heterocycles. The van der Waals surface area contributed by atoms with Crippen LogP contribution in [0, 0.1) is 0 Å². The number of nitrogens with zero attached hydrogens (tertiary/aromatic N) is 1. The molecule has 3 N–H and O–H groups in total. The van der Waals surface area contributed by atoms with Crippen LogP contribution in [0.3, 0.4) is 0 Å². The number of hydrogen-bond acceptors (Lipinski definition) is 4. The van der Waals surface area contributed by atoms with Crippen molar-refractivity contribution in [3.05, 3.63) is 47.5 Å². The monoisotopic (exact) mass is 404 g/mol. The van der Waals surface area contributed by atoms with Gasteiger partial charge in [-0.1, -0.05) is 11.6 Å². The first-order valence-corrected chi connectivity index (χ1v) is 9.18. The van der Waals surface area contributed by atoms with Gasteiger partial charge in [0.25, 0.3) is 0 Å². The molecule has 0 aliphatic rings. The van der Waals surface area contributed by atoms with E-state index in [1.54, 1.807) is 45.5 Å². The predicted octanol–water partition coefficient (Wildman–Crippen LogP) is 3.76. The fourth-order valence-electron chi connectivity index (χ4n) is 2.44. The summed E-state index contributed by atoms with van der Waals surface area (Å²) in [4.78, 5) is 16.2. The maximum absolute atomic E-state index is 12.0. The minimum atomic E-state index is -0.0491. The van der Waals surface area contributed by atoms with Gasteiger partial charge in [0.15, 0.2) is 17.5 Å². The van der Waals surface area contributed by atoms with Gasteiger partial charge >= 0.3 is 0 Å². The van der Waals surface area contributed by atoms with Gasteiger partial charge in [-0.15, -0.1) is 0 Å². The summed E-state index contributed by atoms with van der Waals surface area (Å²) < 4.78 is 10.5. The number of halogens is 1. The van der Waals surface area contributed by atoms with Crippen molar-refractivity contribution in [2.24, 2.45) is 4.99 Å². The molecule has 2 rings (SSSR count). The first-order chi connectivity index (χ1) is 13.5. The molecule has 2 aromatic carbocycles. The molecular weight excluding hydrogens is 380 g/mol. The van der Waals surface area contributed by atoms with Crippen LogP contribution in [0.5, 0.6) is 11.5 Å². The van der Waals surface area contributed by atoms with Crippen LogP contribution in [0.1, 0.15) is 12.8 Å².